The van der Waals surface area contributed by atoms with Gasteiger partial charge in [-0.25, -0.2) is 13.2 Å². The Bertz CT molecular complexity index is 1150. The summed E-state index contributed by atoms with van der Waals surface area (Å²) in [5.74, 6) is 3.34. The lowest BCUT2D eigenvalue weighted by molar-refractivity contribution is 0.506. The van der Waals surface area contributed by atoms with Crippen molar-refractivity contribution in [1.29, 1.82) is 0 Å². The van der Waals surface area contributed by atoms with Crippen LogP contribution in [0, 0.1) is 29.3 Å². The van der Waals surface area contributed by atoms with Crippen LogP contribution in [0.25, 0.3) is 0 Å². The summed E-state index contributed by atoms with van der Waals surface area (Å²) in [5, 5.41) is 0. The van der Waals surface area contributed by atoms with E-state index in [1.807, 2.05) is 6.07 Å². The Hall–Kier alpha value is -2.99. The normalized spacial score (nSPS) is 15.1. The van der Waals surface area contributed by atoms with Crippen LogP contribution in [-0.4, -0.2) is 0 Å². The zero-order chi connectivity index (χ0) is 22.5. The van der Waals surface area contributed by atoms with Gasteiger partial charge in [0.05, 0.1) is 11.1 Å². The fraction of sp³-hybridized carbons (Fsp3) is 0.310. The van der Waals surface area contributed by atoms with E-state index in [2.05, 4.69) is 43.0 Å². The van der Waals surface area contributed by atoms with Crippen LogP contribution in [0.2, 0.25) is 0 Å². The molecular formula is C29H27F3. The van der Waals surface area contributed by atoms with Gasteiger partial charge in [0.15, 0.2) is 11.6 Å². The fourth-order valence-electron chi connectivity index (χ4n) is 4.46. The second-order valence-electron chi connectivity index (χ2n) is 8.55. The number of benzene rings is 3. The summed E-state index contributed by atoms with van der Waals surface area (Å²) < 4.78 is 42.3. The second-order valence-corrected chi connectivity index (χ2v) is 8.55. The average molecular weight is 433 g/mol. The molecule has 0 fully saturated rings. The second kappa shape index (κ2) is 10.1. The van der Waals surface area contributed by atoms with E-state index >= 15 is 4.39 Å². The van der Waals surface area contributed by atoms with Crippen molar-refractivity contribution in [3.05, 3.63) is 105 Å². The third kappa shape index (κ3) is 4.91. The predicted molar refractivity (Wildman–Crippen MR) is 123 cm³/mol. The molecular weight excluding hydrogens is 405 g/mol. The van der Waals surface area contributed by atoms with Crippen LogP contribution in [0.15, 0.2) is 54.6 Å². The highest BCUT2D eigenvalue weighted by molar-refractivity contribution is 5.48. The Morgan fingerprint density at radius 3 is 2.34 bits per heavy atom. The summed E-state index contributed by atoms with van der Waals surface area (Å²) in [6.45, 7) is 2.21. The first-order valence-electron chi connectivity index (χ1n) is 11.4. The molecule has 1 aliphatic rings. The smallest absolute Gasteiger partial charge is 0.174 e. The van der Waals surface area contributed by atoms with Gasteiger partial charge in [-0.05, 0) is 78.5 Å². The summed E-state index contributed by atoms with van der Waals surface area (Å²) >= 11 is 0. The summed E-state index contributed by atoms with van der Waals surface area (Å²) in [5.41, 5.74) is 4.54. The summed E-state index contributed by atoms with van der Waals surface area (Å²) in [6.07, 6.45) is 7.16. The number of unbranched alkanes of at least 4 members (excludes halogenated alkanes) is 2. The van der Waals surface area contributed by atoms with Crippen LogP contribution < -0.4 is 0 Å². The molecule has 0 spiro atoms. The molecule has 3 heteroatoms. The van der Waals surface area contributed by atoms with Gasteiger partial charge in [-0.1, -0.05) is 68.0 Å². The van der Waals surface area contributed by atoms with Crippen molar-refractivity contribution in [1.82, 2.24) is 0 Å². The Morgan fingerprint density at radius 2 is 1.59 bits per heavy atom. The van der Waals surface area contributed by atoms with Crippen LogP contribution in [0.3, 0.4) is 0 Å². The van der Waals surface area contributed by atoms with Crippen molar-refractivity contribution in [2.45, 2.75) is 57.8 Å². The van der Waals surface area contributed by atoms with E-state index in [1.165, 1.54) is 42.5 Å². The first kappa shape index (κ1) is 22.2. The molecule has 0 amide bonds. The van der Waals surface area contributed by atoms with E-state index in [4.69, 9.17) is 0 Å². The molecule has 1 aliphatic carbocycles. The summed E-state index contributed by atoms with van der Waals surface area (Å²) in [7, 11) is 0. The molecule has 0 saturated heterocycles. The van der Waals surface area contributed by atoms with E-state index in [1.54, 1.807) is 6.07 Å². The predicted octanol–water partition coefficient (Wildman–Crippen LogP) is 7.51. The Kier molecular flexibility index (Phi) is 7.00. The third-order valence-corrected chi connectivity index (χ3v) is 6.35. The molecule has 0 N–H and O–H groups in total. The Labute approximate surface area is 188 Å². The number of fused-ring (bicyclic) bond motifs is 1. The lowest BCUT2D eigenvalue weighted by atomic mass is 9.79. The zero-order valence-electron chi connectivity index (χ0n) is 18.4. The minimum absolute atomic E-state index is 0.0691. The maximum Gasteiger partial charge on any atom is 0.174 e. The topological polar surface area (TPSA) is 0 Å². The van der Waals surface area contributed by atoms with Gasteiger partial charge in [-0.15, -0.1) is 0 Å². The summed E-state index contributed by atoms with van der Waals surface area (Å²) in [6, 6.07) is 16.3. The maximum atomic E-state index is 15.1. The molecule has 0 bridgehead atoms. The van der Waals surface area contributed by atoms with E-state index < -0.39 is 11.6 Å². The molecule has 0 radical (unpaired) electrons. The molecule has 1 atom stereocenters. The molecule has 0 aliphatic heterocycles. The summed E-state index contributed by atoms with van der Waals surface area (Å²) in [4.78, 5) is 0. The quantitative estimate of drug-likeness (QED) is 0.289. The van der Waals surface area contributed by atoms with Gasteiger partial charge in [0.2, 0.25) is 0 Å². The van der Waals surface area contributed by atoms with Gasteiger partial charge in [0, 0.05) is 0 Å². The number of halogens is 3. The van der Waals surface area contributed by atoms with E-state index in [0.717, 1.165) is 30.9 Å². The number of hydrogen-bond acceptors (Lipinski definition) is 0. The molecule has 3 aromatic carbocycles. The van der Waals surface area contributed by atoms with Gasteiger partial charge in [-0.3, -0.25) is 0 Å². The van der Waals surface area contributed by atoms with E-state index in [0.29, 0.717) is 17.9 Å². The van der Waals surface area contributed by atoms with Crippen LogP contribution in [-0.2, 0) is 19.3 Å². The Morgan fingerprint density at radius 1 is 0.844 bits per heavy atom. The van der Waals surface area contributed by atoms with Crippen molar-refractivity contribution in [3.63, 3.8) is 0 Å². The third-order valence-electron chi connectivity index (χ3n) is 6.35. The first-order chi connectivity index (χ1) is 15.6. The largest absolute Gasteiger partial charge is 0.205 e. The van der Waals surface area contributed by atoms with Crippen LogP contribution in [0.1, 0.15) is 71.9 Å². The van der Waals surface area contributed by atoms with Crippen molar-refractivity contribution < 1.29 is 13.2 Å². The van der Waals surface area contributed by atoms with Gasteiger partial charge in [0.25, 0.3) is 0 Å². The van der Waals surface area contributed by atoms with Crippen molar-refractivity contribution >= 4 is 0 Å². The highest BCUT2D eigenvalue weighted by atomic mass is 19.2. The fourth-order valence-corrected chi connectivity index (χ4v) is 4.46. The standard InChI is InChI=1S/C29H27F3/c1-2-3-4-6-20-9-11-21(12-10-20)24-17-18-26-25(19-24)16-15-23(28(26)31)14-13-22-7-5-8-27(30)29(22)32/h5,7-12,15-16,24H,2-4,6,17-19H2,1H3. The molecule has 0 nitrogen and oxygen atoms in total. The number of hydrogen-bond donors (Lipinski definition) is 0. The van der Waals surface area contributed by atoms with Crippen LogP contribution >= 0.6 is 0 Å². The maximum absolute atomic E-state index is 15.1. The molecule has 0 aromatic heterocycles. The molecule has 4 rings (SSSR count). The van der Waals surface area contributed by atoms with Crippen LogP contribution in [0.4, 0.5) is 13.2 Å². The van der Waals surface area contributed by atoms with Crippen LogP contribution in [0.5, 0.6) is 0 Å². The SMILES string of the molecule is CCCCCc1ccc(C2CCc3c(ccc(C#Cc4cccc(F)c4F)c3F)C2)cc1. The molecule has 0 heterocycles. The van der Waals surface area contributed by atoms with Crippen molar-refractivity contribution in [2.24, 2.45) is 0 Å². The zero-order valence-corrected chi connectivity index (χ0v) is 18.4. The van der Waals surface area contributed by atoms with Gasteiger partial charge in [0.1, 0.15) is 5.82 Å². The van der Waals surface area contributed by atoms with Gasteiger partial charge < -0.3 is 0 Å². The van der Waals surface area contributed by atoms with Crippen molar-refractivity contribution in [3.8, 4) is 11.8 Å². The van der Waals surface area contributed by atoms with E-state index in [-0.39, 0.29) is 16.9 Å². The average Bonchev–Trinajstić information content (AvgIpc) is 2.81. The minimum Gasteiger partial charge on any atom is -0.205 e. The van der Waals surface area contributed by atoms with Gasteiger partial charge in [-0.2, -0.15) is 0 Å². The van der Waals surface area contributed by atoms with Crippen molar-refractivity contribution in [2.75, 3.05) is 0 Å². The lowest BCUT2D eigenvalue weighted by Gasteiger charge is -2.26. The minimum atomic E-state index is -1.00. The molecule has 164 valence electrons. The highest BCUT2D eigenvalue weighted by Gasteiger charge is 2.23. The van der Waals surface area contributed by atoms with E-state index in [9.17, 15) is 8.78 Å². The number of rotatable bonds is 5. The lowest BCUT2D eigenvalue weighted by Crippen LogP contribution is -2.15. The van der Waals surface area contributed by atoms with Gasteiger partial charge >= 0.3 is 0 Å². The molecule has 32 heavy (non-hydrogen) atoms. The number of aryl methyl sites for hydroxylation is 1. The molecule has 0 saturated carbocycles. The first-order valence-corrected chi connectivity index (χ1v) is 11.4. The molecule has 1 unspecified atom stereocenters. The monoisotopic (exact) mass is 432 g/mol. The highest BCUT2D eigenvalue weighted by Crippen LogP contribution is 2.35. The Balaban J connectivity index is 1.49. The molecule has 3 aromatic rings.